The number of hydrogen-bond acceptors (Lipinski definition) is 2. The maximum atomic E-state index is 13.4. The molecule has 0 heterocycles. The lowest BCUT2D eigenvalue weighted by molar-refractivity contribution is 0.103. The van der Waals surface area contributed by atoms with Crippen molar-refractivity contribution >= 4 is 5.78 Å². The van der Waals surface area contributed by atoms with Gasteiger partial charge in [-0.2, -0.15) is 0 Å². The quantitative estimate of drug-likeness (QED) is 0.784. The van der Waals surface area contributed by atoms with Crippen LogP contribution >= 0.6 is 0 Å². The summed E-state index contributed by atoms with van der Waals surface area (Å²) in [6.45, 7) is 6.04. The van der Waals surface area contributed by atoms with Crippen LogP contribution in [-0.2, 0) is 0 Å². The number of rotatable bonds is 4. The van der Waals surface area contributed by atoms with E-state index in [4.69, 9.17) is 4.74 Å². The molecule has 0 saturated carbocycles. The summed E-state index contributed by atoms with van der Waals surface area (Å²) in [6.07, 6.45) is 0. The van der Waals surface area contributed by atoms with Gasteiger partial charge in [0, 0.05) is 5.56 Å². The third-order valence-electron chi connectivity index (χ3n) is 3.12. The second-order valence-corrected chi connectivity index (χ2v) is 4.72. The zero-order valence-electron chi connectivity index (χ0n) is 11.9. The number of aryl methyl sites for hydroxylation is 2. The summed E-state index contributed by atoms with van der Waals surface area (Å²) in [5.41, 5.74) is 2.56. The molecule has 20 heavy (non-hydrogen) atoms. The molecule has 104 valence electrons. The molecule has 0 N–H and O–H groups in total. The van der Waals surface area contributed by atoms with Crippen molar-refractivity contribution in [2.45, 2.75) is 20.8 Å². The molecule has 0 aromatic heterocycles. The molecule has 0 radical (unpaired) electrons. The molecule has 0 bridgehead atoms. The van der Waals surface area contributed by atoms with Gasteiger partial charge in [0.1, 0.15) is 11.6 Å². The first kappa shape index (κ1) is 14.3. The Bertz CT molecular complexity index is 647. The lowest BCUT2D eigenvalue weighted by atomic mass is 9.97. The average molecular weight is 272 g/mol. The monoisotopic (exact) mass is 272 g/mol. The lowest BCUT2D eigenvalue weighted by Gasteiger charge is -2.11. The Morgan fingerprint density at radius 3 is 2.55 bits per heavy atom. The van der Waals surface area contributed by atoms with Gasteiger partial charge < -0.3 is 4.74 Å². The molecule has 0 amide bonds. The van der Waals surface area contributed by atoms with Crippen LogP contribution in [0.4, 0.5) is 4.39 Å². The van der Waals surface area contributed by atoms with Gasteiger partial charge in [-0.1, -0.05) is 17.7 Å². The minimum Gasteiger partial charge on any atom is -0.493 e. The van der Waals surface area contributed by atoms with Crippen molar-refractivity contribution in [3.05, 3.63) is 64.5 Å². The first-order chi connectivity index (χ1) is 9.52. The predicted octanol–water partition coefficient (Wildman–Crippen LogP) is 4.07. The van der Waals surface area contributed by atoms with E-state index in [0.717, 1.165) is 11.1 Å². The molecule has 0 atom stereocenters. The van der Waals surface area contributed by atoms with Crippen molar-refractivity contribution in [2.24, 2.45) is 0 Å². The molecule has 0 aliphatic carbocycles. The van der Waals surface area contributed by atoms with E-state index < -0.39 is 5.82 Å². The van der Waals surface area contributed by atoms with E-state index in [1.807, 2.05) is 19.9 Å². The Morgan fingerprint density at radius 2 is 1.85 bits per heavy atom. The molecule has 0 aliphatic rings. The smallest absolute Gasteiger partial charge is 0.197 e. The summed E-state index contributed by atoms with van der Waals surface area (Å²) in [6, 6.07) is 9.68. The number of ether oxygens (including phenoxy) is 1. The first-order valence-corrected chi connectivity index (χ1v) is 6.57. The van der Waals surface area contributed by atoms with Crippen LogP contribution in [-0.4, -0.2) is 12.4 Å². The van der Waals surface area contributed by atoms with E-state index in [1.54, 1.807) is 25.1 Å². The lowest BCUT2D eigenvalue weighted by Crippen LogP contribution is -2.08. The van der Waals surface area contributed by atoms with Crippen LogP contribution in [0.1, 0.15) is 34.0 Å². The minimum atomic E-state index is -0.412. The van der Waals surface area contributed by atoms with Crippen molar-refractivity contribution < 1.29 is 13.9 Å². The maximum Gasteiger partial charge on any atom is 0.197 e. The molecule has 0 fully saturated rings. The Hall–Kier alpha value is -2.16. The van der Waals surface area contributed by atoms with E-state index in [0.29, 0.717) is 23.5 Å². The predicted molar refractivity (Wildman–Crippen MR) is 76.9 cm³/mol. The summed E-state index contributed by atoms with van der Waals surface area (Å²) in [4.78, 5) is 12.6. The van der Waals surface area contributed by atoms with E-state index in [2.05, 4.69) is 0 Å². The van der Waals surface area contributed by atoms with E-state index >= 15 is 0 Å². The van der Waals surface area contributed by atoms with E-state index in [9.17, 15) is 9.18 Å². The van der Waals surface area contributed by atoms with Crippen LogP contribution in [0.3, 0.4) is 0 Å². The van der Waals surface area contributed by atoms with Crippen LogP contribution in [0.25, 0.3) is 0 Å². The van der Waals surface area contributed by atoms with Crippen LogP contribution in [0, 0.1) is 19.7 Å². The van der Waals surface area contributed by atoms with Crippen LogP contribution in [0.2, 0.25) is 0 Å². The van der Waals surface area contributed by atoms with Crippen molar-refractivity contribution in [2.75, 3.05) is 6.61 Å². The fourth-order valence-electron chi connectivity index (χ4n) is 2.09. The Kier molecular flexibility index (Phi) is 4.18. The molecule has 2 aromatic carbocycles. The number of benzene rings is 2. The summed E-state index contributed by atoms with van der Waals surface area (Å²) in [5, 5.41) is 0. The standard InChI is InChI=1S/C17H17FO2/c1-4-20-16-8-5-11(2)9-15(16)17(19)14-10-13(18)7-6-12(14)3/h5-10H,4H2,1-3H3. The normalized spacial score (nSPS) is 10.4. The summed E-state index contributed by atoms with van der Waals surface area (Å²) >= 11 is 0. The van der Waals surface area contributed by atoms with Gasteiger partial charge in [-0.05, 0) is 50.6 Å². The van der Waals surface area contributed by atoms with Crippen molar-refractivity contribution in [3.8, 4) is 5.75 Å². The van der Waals surface area contributed by atoms with Crippen LogP contribution < -0.4 is 4.74 Å². The highest BCUT2D eigenvalue weighted by molar-refractivity contribution is 6.11. The molecule has 2 nitrogen and oxygen atoms in total. The molecule has 3 heteroatoms. The zero-order chi connectivity index (χ0) is 14.7. The fourth-order valence-corrected chi connectivity index (χ4v) is 2.09. The maximum absolute atomic E-state index is 13.4. The highest BCUT2D eigenvalue weighted by Crippen LogP contribution is 2.25. The van der Waals surface area contributed by atoms with Crippen molar-refractivity contribution in [3.63, 3.8) is 0 Å². The SMILES string of the molecule is CCOc1ccc(C)cc1C(=O)c1cc(F)ccc1C. The number of hydrogen-bond donors (Lipinski definition) is 0. The van der Waals surface area contributed by atoms with Crippen molar-refractivity contribution in [1.29, 1.82) is 0 Å². The summed E-state index contributed by atoms with van der Waals surface area (Å²) in [7, 11) is 0. The summed E-state index contributed by atoms with van der Waals surface area (Å²) < 4.78 is 18.9. The number of ketones is 1. The Morgan fingerprint density at radius 1 is 1.10 bits per heavy atom. The van der Waals surface area contributed by atoms with E-state index in [1.165, 1.54) is 12.1 Å². The largest absolute Gasteiger partial charge is 0.493 e. The van der Waals surface area contributed by atoms with Gasteiger partial charge in [-0.3, -0.25) is 4.79 Å². The molecule has 2 rings (SSSR count). The molecular formula is C17H17FO2. The molecule has 0 unspecified atom stereocenters. The van der Waals surface area contributed by atoms with Gasteiger partial charge in [0.2, 0.25) is 0 Å². The zero-order valence-corrected chi connectivity index (χ0v) is 11.9. The Labute approximate surface area is 118 Å². The van der Waals surface area contributed by atoms with Crippen molar-refractivity contribution in [1.82, 2.24) is 0 Å². The van der Waals surface area contributed by atoms with Gasteiger partial charge >= 0.3 is 0 Å². The number of carbonyl (C=O) groups excluding carboxylic acids is 1. The highest BCUT2D eigenvalue weighted by Gasteiger charge is 2.17. The fraction of sp³-hybridized carbons (Fsp3) is 0.235. The number of halogens is 1. The van der Waals surface area contributed by atoms with Crippen LogP contribution in [0.15, 0.2) is 36.4 Å². The average Bonchev–Trinajstić information content (AvgIpc) is 2.43. The van der Waals surface area contributed by atoms with Gasteiger partial charge in [-0.25, -0.2) is 4.39 Å². The molecular weight excluding hydrogens is 255 g/mol. The third-order valence-corrected chi connectivity index (χ3v) is 3.12. The van der Waals surface area contributed by atoms with Gasteiger partial charge in [0.15, 0.2) is 5.78 Å². The molecule has 0 aliphatic heterocycles. The van der Waals surface area contributed by atoms with Gasteiger partial charge in [-0.15, -0.1) is 0 Å². The van der Waals surface area contributed by atoms with Gasteiger partial charge in [0.25, 0.3) is 0 Å². The van der Waals surface area contributed by atoms with Gasteiger partial charge in [0.05, 0.1) is 12.2 Å². The minimum absolute atomic E-state index is 0.214. The topological polar surface area (TPSA) is 26.3 Å². The summed E-state index contributed by atoms with van der Waals surface area (Å²) in [5.74, 6) is -0.0922. The third kappa shape index (κ3) is 2.87. The highest BCUT2D eigenvalue weighted by atomic mass is 19.1. The second kappa shape index (κ2) is 5.87. The Balaban J connectivity index is 2.52. The molecule has 0 spiro atoms. The second-order valence-electron chi connectivity index (χ2n) is 4.72. The molecule has 0 saturated heterocycles. The van der Waals surface area contributed by atoms with E-state index in [-0.39, 0.29) is 5.78 Å². The first-order valence-electron chi connectivity index (χ1n) is 6.57. The van der Waals surface area contributed by atoms with Crippen LogP contribution in [0.5, 0.6) is 5.75 Å². The number of carbonyl (C=O) groups is 1. The molecule has 2 aromatic rings.